The van der Waals surface area contributed by atoms with Crippen LogP contribution in [0.25, 0.3) is 0 Å². The summed E-state index contributed by atoms with van der Waals surface area (Å²) in [7, 11) is -4.07. The zero-order chi connectivity index (χ0) is 28.6. The van der Waals surface area contributed by atoms with Crippen molar-refractivity contribution in [1.29, 1.82) is 0 Å². The second-order valence-corrected chi connectivity index (χ2v) is 12.3. The Hall–Kier alpha value is -3.65. The first-order chi connectivity index (χ1) is 18.5. The van der Waals surface area contributed by atoms with E-state index in [4.69, 9.17) is 0 Å². The van der Waals surface area contributed by atoms with Crippen LogP contribution in [0, 0.1) is 5.92 Å². The van der Waals surface area contributed by atoms with Crippen LogP contribution < -0.4 is 9.62 Å². The molecule has 0 radical (unpaired) electrons. The summed E-state index contributed by atoms with van der Waals surface area (Å²) >= 11 is 0. The van der Waals surface area contributed by atoms with Crippen LogP contribution in [0.1, 0.15) is 51.7 Å². The standard InChI is InChI=1S/C31H39N3O4S/c1-23(2)20-32-31(36)25(5)33(21-26-12-8-6-9-13-26)30(35)22-34(28-18-16-27(17-19-28)24(3)4)39(37,38)29-14-10-7-11-15-29/h6-19,23-25H,20-22H2,1-5H3,(H,32,36)/t25-/m0/s1. The smallest absolute Gasteiger partial charge is 0.264 e. The van der Waals surface area contributed by atoms with Gasteiger partial charge in [0.1, 0.15) is 12.6 Å². The van der Waals surface area contributed by atoms with Crippen molar-refractivity contribution in [2.75, 3.05) is 17.4 Å². The van der Waals surface area contributed by atoms with Crippen molar-refractivity contribution >= 4 is 27.5 Å². The maximum Gasteiger partial charge on any atom is 0.264 e. The van der Waals surface area contributed by atoms with Gasteiger partial charge in [-0.25, -0.2) is 8.42 Å². The Morgan fingerprint density at radius 2 is 1.36 bits per heavy atom. The number of sulfonamides is 1. The van der Waals surface area contributed by atoms with E-state index in [9.17, 15) is 18.0 Å². The third kappa shape index (κ3) is 7.93. The number of benzene rings is 3. The average molecular weight is 550 g/mol. The normalized spacial score (nSPS) is 12.3. The van der Waals surface area contributed by atoms with Crippen molar-refractivity contribution in [3.8, 4) is 0 Å². The lowest BCUT2D eigenvalue weighted by atomic mass is 10.0. The van der Waals surface area contributed by atoms with Gasteiger partial charge in [0.2, 0.25) is 11.8 Å². The molecule has 0 bridgehead atoms. The largest absolute Gasteiger partial charge is 0.354 e. The van der Waals surface area contributed by atoms with Gasteiger partial charge < -0.3 is 10.2 Å². The molecule has 1 N–H and O–H groups in total. The Balaban J connectivity index is 2.00. The number of amides is 2. The molecule has 3 aromatic rings. The van der Waals surface area contributed by atoms with Gasteiger partial charge in [-0.2, -0.15) is 0 Å². The van der Waals surface area contributed by atoms with Gasteiger partial charge in [-0.05, 0) is 54.2 Å². The maximum absolute atomic E-state index is 13.9. The van der Waals surface area contributed by atoms with E-state index < -0.39 is 28.5 Å². The zero-order valence-corrected chi connectivity index (χ0v) is 24.2. The van der Waals surface area contributed by atoms with E-state index in [1.54, 1.807) is 37.3 Å². The number of carbonyl (C=O) groups is 2. The molecule has 0 saturated carbocycles. The number of hydrogen-bond donors (Lipinski definition) is 1. The summed E-state index contributed by atoms with van der Waals surface area (Å²) in [6.07, 6.45) is 0. The van der Waals surface area contributed by atoms with Gasteiger partial charge >= 0.3 is 0 Å². The molecule has 3 rings (SSSR count). The predicted octanol–water partition coefficient (Wildman–Crippen LogP) is 5.19. The van der Waals surface area contributed by atoms with E-state index in [2.05, 4.69) is 19.2 Å². The highest BCUT2D eigenvalue weighted by atomic mass is 32.2. The van der Waals surface area contributed by atoms with E-state index in [0.717, 1.165) is 15.4 Å². The fourth-order valence-electron chi connectivity index (χ4n) is 4.09. The van der Waals surface area contributed by atoms with Gasteiger partial charge in [-0.1, -0.05) is 88.4 Å². The Labute approximate surface area is 232 Å². The molecule has 2 amide bonds. The van der Waals surface area contributed by atoms with Crippen LogP contribution in [0.2, 0.25) is 0 Å². The number of nitrogens with one attached hydrogen (secondary N) is 1. The lowest BCUT2D eigenvalue weighted by Gasteiger charge is -2.32. The van der Waals surface area contributed by atoms with E-state index in [0.29, 0.717) is 12.2 Å². The van der Waals surface area contributed by atoms with Crippen LogP contribution >= 0.6 is 0 Å². The van der Waals surface area contributed by atoms with Gasteiger partial charge in [-0.3, -0.25) is 13.9 Å². The molecule has 0 unspecified atom stereocenters. The topological polar surface area (TPSA) is 86.8 Å². The van der Waals surface area contributed by atoms with Crippen LogP contribution in [0.15, 0.2) is 89.8 Å². The number of carbonyl (C=O) groups excluding carboxylic acids is 2. The molecule has 0 heterocycles. The minimum atomic E-state index is -4.07. The molecule has 0 fully saturated rings. The predicted molar refractivity (Wildman–Crippen MR) is 156 cm³/mol. The van der Waals surface area contributed by atoms with Gasteiger partial charge in [0.25, 0.3) is 10.0 Å². The highest BCUT2D eigenvalue weighted by Crippen LogP contribution is 2.26. The molecule has 208 valence electrons. The molecule has 7 nitrogen and oxygen atoms in total. The lowest BCUT2D eigenvalue weighted by molar-refractivity contribution is -0.139. The number of rotatable bonds is 12. The van der Waals surface area contributed by atoms with Gasteiger partial charge in [-0.15, -0.1) is 0 Å². The summed E-state index contributed by atoms with van der Waals surface area (Å²) in [5, 5.41) is 2.90. The monoisotopic (exact) mass is 549 g/mol. The average Bonchev–Trinajstić information content (AvgIpc) is 2.93. The molecular formula is C31H39N3O4S. The molecule has 1 atom stereocenters. The first kappa shape index (κ1) is 29.9. The summed E-state index contributed by atoms with van der Waals surface area (Å²) in [6.45, 7) is 9.98. The third-order valence-corrected chi connectivity index (χ3v) is 8.29. The van der Waals surface area contributed by atoms with Crippen LogP contribution in [0.4, 0.5) is 5.69 Å². The van der Waals surface area contributed by atoms with Crippen LogP contribution in [-0.2, 0) is 26.2 Å². The number of hydrogen-bond acceptors (Lipinski definition) is 4. The molecule has 3 aromatic carbocycles. The van der Waals surface area contributed by atoms with Gasteiger partial charge in [0, 0.05) is 13.1 Å². The summed E-state index contributed by atoms with van der Waals surface area (Å²) < 4.78 is 28.8. The Bertz CT molecular complexity index is 1330. The van der Waals surface area contributed by atoms with Crippen LogP contribution in [-0.4, -0.2) is 44.3 Å². The molecule has 0 saturated heterocycles. The van der Waals surface area contributed by atoms with Gasteiger partial charge in [0.15, 0.2) is 0 Å². The molecule has 39 heavy (non-hydrogen) atoms. The molecule has 0 aliphatic carbocycles. The SMILES string of the molecule is CC(C)CNC(=O)[C@H](C)N(Cc1ccccc1)C(=O)CN(c1ccc(C(C)C)cc1)S(=O)(=O)c1ccccc1. The Morgan fingerprint density at radius 3 is 1.90 bits per heavy atom. The second-order valence-electron chi connectivity index (χ2n) is 10.4. The summed E-state index contributed by atoms with van der Waals surface area (Å²) in [5.74, 6) is -0.239. The number of nitrogens with zero attached hydrogens (tertiary/aromatic N) is 2. The Morgan fingerprint density at radius 1 is 0.795 bits per heavy atom. The van der Waals surface area contributed by atoms with Crippen molar-refractivity contribution in [3.05, 3.63) is 96.1 Å². The minimum absolute atomic E-state index is 0.0862. The van der Waals surface area contributed by atoms with Crippen molar-refractivity contribution in [1.82, 2.24) is 10.2 Å². The highest BCUT2D eigenvalue weighted by molar-refractivity contribution is 7.92. The first-order valence-electron chi connectivity index (χ1n) is 13.3. The third-order valence-electron chi connectivity index (χ3n) is 6.51. The van der Waals surface area contributed by atoms with Crippen molar-refractivity contribution in [3.63, 3.8) is 0 Å². The van der Waals surface area contributed by atoms with Crippen molar-refractivity contribution in [2.45, 2.75) is 58.0 Å². The molecule has 0 aromatic heterocycles. The fraction of sp³-hybridized carbons (Fsp3) is 0.355. The fourth-order valence-corrected chi connectivity index (χ4v) is 5.52. The van der Waals surface area contributed by atoms with Crippen molar-refractivity contribution in [2.24, 2.45) is 5.92 Å². The number of anilines is 1. The minimum Gasteiger partial charge on any atom is -0.354 e. The maximum atomic E-state index is 13.9. The van der Waals surface area contributed by atoms with E-state index >= 15 is 0 Å². The molecule has 8 heteroatoms. The van der Waals surface area contributed by atoms with Crippen LogP contribution in [0.5, 0.6) is 0 Å². The molecule has 0 aliphatic rings. The lowest BCUT2D eigenvalue weighted by Crippen LogP contribution is -2.51. The van der Waals surface area contributed by atoms with Crippen molar-refractivity contribution < 1.29 is 18.0 Å². The van der Waals surface area contributed by atoms with Gasteiger partial charge in [0.05, 0.1) is 10.6 Å². The molecular weight excluding hydrogens is 510 g/mol. The molecule has 0 spiro atoms. The molecule has 0 aliphatic heterocycles. The highest BCUT2D eigenvalue weighted by Gasteiger charge is 2.32. The summed E-state index contributed by atoms with van der Waals surface area (Å²) in [5.41, 5.74) is 2.28. The van der Waals surface area contributed by atoms with E-state index in [1.807, 2.05) is 56.3 Å². The second kappa shape index (κ2) is 13.4. The van der Waals surface area contributed by atoms with E-state index in [-0.39, 0.29) is 29.2 Å². The van der Waals surface area contributed by atoms with Crippen LogP contribution in [0.3, 0.4) is 0 Å². The zero-order valence-electron chi connectivity index (χ0n) is 23.4. The Kier molecular flexibility index (Phi) is 10.3. The van der Waals surface area contributed by atoms with E-state index in [1.165, 1.54) is 17.0 Å². The first-order valence-corrected chi connectivity index (χ1v) is 14.7. The summed E-state index contributed by atoms with van der Waals surface area (Å²) in [6, 6.07) is 23.8. The quantitative estimate of drug-likeness (QED) is 0.337. The summed E-state index contributed by atoms with van der Waals surface area (Å²) in [4.78, 5) is 28.5.